The number of ether oxygens (including phenoxy) is 4. The fourth-order valence-electron chi connectivity index (χ4n) is 5.33. The summed E-state index contributed by atoms with van der Waals surface area (Å²) >= 11 is 0. The second-order valence-electron chi connectivity index (χ2n) is 11.6. The van der Waals surface area contributed by atoms with Crippen molar-refractivity contribution in [1.29, 1.82) is 5.41 Å². The van der Waals surface area contributed by atoms with Gasteiger partial charge in [-0.2, -0.15) is 0 Å². The summed E-state index contributed by atoms with van der Waals surface area (Å²) < 4.78 is 23.8. The number of aliphatic hydroxyl groups is 7. The summed E-state index contributed by atoms with van der Waals surface area (Å²) in [7, 11) is 0. The summed E-state index contributed by atoms with van der Waals surface area (Å²) in [5.74, 6) is -1.19. The van der Waals surface area contributed by atoms with E-state index in [1.54, 1.807) is 6.92 Å². The van der Waals surface area contributed by atoms with E-state index < -0.39 is 91.3 Å². The molecule has 1 saturated carbocycles. The molecule has 14 atom stereocenters. The molecule has 3 aliphatic rings. The van der Waals surface area contributed by atoms with Gasteiger partial charge in [0.1, 0.15) is 42.5 Å². The summed E-state index contributed by atoms with van der Waals surface area (Å²) in [6.07, 6.45) is -9.49. The first kappa shape index (κ1) is 34.4. The van der Waals surface area contributed by atoms with Gasteiger partial charge in [0, 0.05) is 25.0 Å². The quantitative estimate of drug-likeness (QED) is 0.0572. The van der Waals surface area contributed by atoms with E-state index in [0.717, 1.165) is 0 Å². The Labute approximate surface area is 239 Å². The molecule has 14 N–H and O–H groups in total. The lowest BCUT2D eigenvalue weighted by atomic mass is 9.82. The van der Waals surface area contributed by atoms with Gasteiger partial charge in [-0.15, -0.1) is 0 Å². The Hall–Kier alpha value is -1.09. The third kappa shape index (κ3) is 8.51. The van der Waals surface area contributed by atoms with Gasteiger partial charge in [-0.3, -0.25) is 5.41 Å². The fraction of sp³-hybridized carbons (Fsp3) is 0.960. The molecule has 0 spiro atoms. The second-order valence-corrected chi connectivity index (χ2v) is 11.6. The molecular formula is C25H49N5O11. The number of nitrogens with one attached hydrogen (secondary N) is 3. The van der Waals surface area contributed by atoms with Crippen LogP contribution in [0.2, 0.25) is 0 Å². The third-order valence-electron chi connectivity index (χ3n) is 8.26. The molecule has 0 radical (unpaired) electrons. The van der Waals surface area contributed by atoms with Crippen LogP contribution in [-0.4, -0.2) is 154 Å². The van der Waals surface area contributed by atoms with E-state index in [0.29, 0.717) is 25.9 Å². The Balaban J connectivity index is 1.78. The minimum atomic E-state index is -1.75. The van der Waals surface area contributed by atoms with E-state index in [1.807, 2.05) is 0 Å². The van der Waals surface area contributed by atoms with Crippen LogP contribution in [0.25, 0.3) is 0 Å². The molecule has 240 valence electrons. The van der Waals surface area contributed by atoms with Crippen molar-refractivity contribution < 1.29 is 54.7 Å². The van der Waals surface area contributed by atoms with Crippen molar-refractivity contribution in [2.45, 2.75) is 112 Å². The summed E-state index contributed by atoms with van der Waals surface area (Å²) in [5.41, 5.74) is 11.4. The summed E-state index contributed by atoms with van der Waals surface area (Å²) in [6, 6.07) is -2.25. The highest BCUT2D eigenvalue weighted by molar-refractivity contribution is 5.84. The average molecular weight is 596 g/mol. The summed E-state index contributed by atoms with van der Waals surface area (Å²) in [4.78, 5) is 0. The van der Waals surface area contributed by atoms with E-state index in [-0.39, 0.29) is 25.7 Å². The molecule has 16 heteroatoms. The van der Waals surface area contributed by atoms with Gasteiger partial charge in [-0.05, 0) is 26.2 Å². The number of hydrogen-bond acceptors (Lipinski definition) is 15. The Bertz CT molecular complexity index is 829. The highest BCUT2D eigenvalue weighted by atomic mass is 16.7. The molecule has 0 amide bonds. The minimum absolute atomic E-state index is 0.0188. The van der Waals surface area contributed by atoms with E-state index in [9.17, 15) is 25.5 Å². The SMILES string of the molecule is C[C@@H]1C(O)[C@@H](OC2C(O)C(O[C@H]3O[C@H](CNCCO)CCC3N)[C@@H](N)C[C@H]2NC(=N)C(O)C(O)CO)OCC1(C)O. The molecule has 16 nitrogen and oxygen atoms in total. The molecule has 0 bridgehead atoms. The topological polar surface area (TPSA) is 278 Å². The summed E-state index contributed by atoms with van der Waals surface area (Å²) in [6.45, 7) is 3.07. The van der Waals surface area contributed by atoms with Crippen molar-refractivity contribution in [3.8, 4) is 0 Å². The van der Waals surface area contributed by atoms with Gasteiger partial charge >= 0.3 is 0 Å². The van der Waals surface area contributed by atoms with Crippen molar-refractivity contribution in [3.63, 3.8) is 0 Å². The monoisotopic (exact) mass is 595 g/mol. The fourth-order valence-corrected chi connectivity index (χ4v) is 5.33. The van der Waals surface area contributed by atoms with Gasteiger partial charge < -0.3 is 76.8 Å². The molecule has 3 fully saturated rings. The van der Waals surface area contributed by atoms with Gasteiger partial charge in [0.25, 0.3) is 0 Å². The lowest BCUT2D eigenvalue weighted by Gasteiger charge is -2.49. The van der Waals surface area contributed by atoms with Crippen molar-refractivity contribution in [3.05, 3.63) is 0 Å². The van der Waals surface area contributed by atoms with Gasteiger partial charge in [0.15, 0.2) is 12.6 Å². The number of aliphatic hydroxyl groups excluding tert-OH is 6. The van der Waals surface area contributed by atoms with E-state index >= 15 is 0 Å². The molecule has 41 heavy (non-hydrogen) atoms. The van der Waals surface area contributed by atoms with Crippen LogP contribution >= 0.6 is 0 Å². The maximum Gasteiger partial charge on any atom is 0.184 e. The normalized spacial score (nSPS) is 43.3. The highest BCUT2D eigenvalue weighted by Gasteiger charge is 2.51. The van der Waals surface area contributed by atoms with Crippen LogP contribution < -0.4 is 22.1 Å². The van der Waals surface area contributed by atoms with Crippen molar-refractivity contribution in [2.24, 2.45) is 17.4 Å². The zero-order valence-corrected chi connectivity index (χ0v) is 23.6. The minimum Gasteiger partial charge on any atom is -0.395 e. The molecule has 2 aliphatic heterocycles. The molecule has 0 aromatic carbocycles. The Morgan fingerprint density at radius 2 is 1.76 bits per heavy atom. The number of amidine groups is 1. The number of nitrogens with two attached hydrogens (primary N) is 2. The maximum absolute atomic E-state index is 11.5. The lowest BCUT2D eigenvalue weighted by Crippen LogP contribution is -2.68. The zero-order valence-electron chi connectivity index (χ0n) is 23.6. The van der Waals surface area contributed by atoms with Crippen LogP contribution in [0.4, 0.5) is 0 Å². The first-order chi connectivity index (χ1) is 19.3. The molecular weight excluding hydrogens is 546 g/mol. The molecule has 2 heterocycles. The number of hydrogen-bond donors (Lipinski definition) is 12. The maximum atomic E-state index is 11.5. The first-order valence-corrected chi connectivity index (χ1v) is 14.1. The molecule has 0 aromatic heterocycles. The lowest BCUT2D eigenvalue weighted by molar-refractivity contribution is -0.313. The van der Waals surface area contributed by atoms with Crippen LogP contribution in [0.1, 0.15) is 33.1 Å². The molecule has 3 rings (SSSR count). The molecule has 1 aliphatic carbocycles. The van der Waals surface area contributed by atoms with Crippen LogP contribution in [0.15, 0.2) is 0 Å². The highest BCUT2D eigenvalue weighted by Crippen LogP contribution is 2.34. The Morgan fingerprint density at radius 1 is 1.07 bits per heavy atom. The van der Waals surface area contributed by atoms with Crippen LogP contribution in [0.3, 0.4) is 0 Å². The van der Waals surface area contributed by atoms with Gasteiger partial charge in [-0.1, -0.05) is 6.92 Å². The number of rotatable bonds is 12. The van der Waals surface area contributed by atoms with E-state index in [4.69, 9.17) is 46.0 Å². The third-order valence-corrected chi connectivity index (χ3v) is 8.26. The average Bonchev–Trinajstić information content (AvgIpc) is 2.93. The van der Waals surface area contributed by atoms with Gasteiger partial charge in [-0.25, -0.2) is 0 Å². The van der Waals surface area contributed by atoms with Crippen LogP contribution in [-0.2, 0) is 18.9 Å². The smallest absolute Gasteiger partial charge is 0.184 e. The van der Waals surface area contributed by atoms with E-state index in [2.05, 4.69) is 10.6 Å². The van der Waals surface area contributed by atoms with E-state index in [1.165, 1.54) is 6.92 Å². The second kappa shape index (κ2) is 15.1. The zero-order chi connectivity index (χ0) is 30.5. The predicted octanol–water partition coefficient (Wildman–Crippen LogP) is -4.98. The Morgan fingerprint density at radius 3 is 2.41 bits per heavy atom. The largest absolute Gasteiger partial charge is 0.395 e. The predicted molar refractivity (Wildman–Crippen MR) is 143 cm³/mol. The molecule has 0 aromatic rings. The van der Waals surface area contributed by atoms with Crippen LogP contribution in [0.5, 0.6) is 0 Å². The molecule has 2 saturated heterocycles. The standard InChI is InChI=1S/C25H49N5O11/c1-11-17(34)24(38-10-25(11,2)37)41-21-15(30-22(28)18(35)16(33)9-32)7-14(27)20(19(21)36)40-23-13(26)4-3-12(39-23)8-29-5-6-31/h11-21,23-24,29,31-37H,3-10,26-27H2,1-2H3,(H2,28,30)/t11-,12+,13?,14+,15-,16?,17?,18?,19?,20?,21?,23-,24-,25?/m1/s1. The van der Waals surface area contributed by atoms with Crippen molar-refractivity contribution in [2.75, 3.05) is 32.9 Å². The summed E-state index contributed by atoms with van der Waals surface area (Å²) in [5, 5.41) is 84.9. The van der Waals surface area contributed by atoms with Crippen LogP contribution in [0, 0.1) is 11.3 Å². The van der Waals surface area contributed by atoms with Gasteiger partial charge in [0.05, 0.1) is 43.6 Å². The van der Waals surface area contributed by atoms with Crippen molar-refractivity contribution >= 4 is 5.84 Å². The Kier molecular flexibility index (Phi) is 12.6. The van der Waals surface area contributed by atoms with Crippen molar-refractivity contribution in [1.82, 2.24) is 10.6 Å². The molecule has 8 unspecified atom stereocenters. The van der Waals surface area contributed by atoms with Gasteiger partial charge in [0.2, 0.25) is 0 Å². The first-order valence-electron chi connectivity index (χ1n) is 14.1.